The Balaban J connectivity index is 1.42. The highest BCUT2D eigenvalue weighted by Gasteiger charge is 2.36. The molecule has 22 heavy (non-hydrogen) atoms. The normalized spacial score (nSPS) is 21.5. The minimum atomic E-state index is -0.289. The quantitative estimate of drug-likeness (QED) is 0.825. The molecular weight excluding hydrogens is 280 g/mol. The molecule has 118 valence electrons. The molecule has 3 unspecified atom stereocenters. The van der Waals surface area contributed by atoms with Gasteiger partial charge in [-0.15, -0.1) is 0 Å². The van der Waals surface area contributed by atoms with E-state index < -0.39 is 0 Å². The Labute approximate surface area is 130 Å². The molecule has 1 aliphatic rings. The molecule has 2 aromatic rings. The summed E-state index contributed by atoms with van der Waals surface area (Å²) in [4.78, 5) is 12.0. The van der Waals surface area contributed by atoms with Crippen LogP contribution in [-0.2, 0) is 17.9 Å². The molecule has 1 amide bonds. The van der Waals surface area contributed by atoms with Gasteiger partial charge in [-0.25, -0.2) is 0 Å². The molecule has 2 N–H and O–H groups in total. The molecular formula is C17H22N2O3. The lowest BCUT2D eigenvalue weighted by atomic mass is 10.2. The minimum Gasteiger partial charge on any atom is -0.467 e. The summed E-state index contributed by atoms with van der Waals surface area (Å²) >= 11 is 0. The zero-order chi connectivity index (χ0) is 15.5. The smallest absolute Gasteiger partial charge is 0.237 e. The van der Waals surface area contributed by atoms with Gasteiger partial charge < -0.3 is 14.2 Å². The van der Waals surface area contributed by atoms with Crippen LogP contribution in [0.25, 0.3) is 0 Å². The summed E-state index contributed by atoms with van der Waals surface area (Å²) in [6.07, 6.45) is 2.81. The first kappa shape index (κ1) is 14.9. The number of carbonyl (C=O) groups is 1. The highest BCUT2D eigenvalue weighted by atomic mass is 16.3. The zero-order valence-corrected chi connectivity index (χ0v) is 13.0. The monoisotopic (exact) mass is 302 g/mol. The van der Waals surface area contributed by atoms with Gasteiger partial charge in [-0.3, -0.25) is 10.1 Å². The summed E-state index contributed by atoms with van der Waals surface area (Å²) in [5.41, 5.74) is 0. The summed E-state index contributed by atoms with van der Waals surface area (Å²) < 4.78 is 11.0. The maximum absolute atomic E-state index is 12.0. The van der Waals surface area contributed by atoms with Gasteiger partial charge in [0.25, 0.3) is 0 Å². The van der Waals surface area contributed by atoms with Gasteiger partial charge in [-0.05, 0) is 43.5 Å². The lowest BCUT2D eigenvalue weighted by Crippen LogP contribution is -2.41. The van der Waals surface area contributed by atoms with E-state index >= 15 is 0 Å². The maximum atomic E-state index is 12.0. The number of hydrogen-bond acceptors (Lipinski definition) is 4. The van der Waals surface area contributed by atoms with Crippen LogP contribution in [0.1, 0.15) is 43.5 Å². The summed E-state index contributed by atoms with van der Waals surface area (Å²) in [6.45, 7) is 5.03. The fourth-order valence-electron chi connectivity index (χ4n) is 2.49. The fourth-order valence-corrected chi connectivity index (χ4v) is 2.49. The molecule has 2 aromatic heterocycles. The van der Waals surface area contributed by atoms with E-state index in [9.17, 15) is 4.79 Å². The minimum absolute atomic E-state index is 0.0565. The molecule has 2 heterocycles. The van der Waals surface area contributed by atoms with Crippen LogP contribution in [0.2, 0.25) is 0 Å². The molecule has 1 saturated carbocycles. The van der Waals surface area contributed by atoms with Crippen molar-refractivity contribution in [2.45, 2.75) is 45.3 Å². The summed E-state index contributed by atoms with van der Waals surface area (Å²) in [6, 6.07) is 7.39. The second kappa shape index (κ2) is 6.40. The van der Waals surface area contributed by atoms with Crippen LogP contribution in [0.5, 0.6) is 0 Å². The topological polar surface area (TPSA) is 67.4 Å². The van der Waals surface area contributed by atoms with E-state index in [1.54, 1.807) is 12.3 Å². The highest BCUT2D eigenvalue weighted by Crippen LogP contribution is 2.47. The lowest BCUT2D eigenvalue weighted by Gasteiger charge is -2.12. The molecule has 3 atom stereocenters. The molecule has 0 saturated heterocycles. The number of nitrogens with one attached hydrogen (secondary N) is 2. The average Bonchev–Trinajstić information content (AvgIpc) is 2.97. The molecule has 1 aliphatic carbocycles. The van der Waals surface area contributed by atoms with Gasteiger partial charge in [0.05, 0.1) is 25.4 Å². The Morgan fingerprint density at radius 2 is 2.14 bits per heavy atom. The second-order valence-corrected chi connectivity index (χ2v) is 6.02. The molecule has 5 nitrogen and oxygen atoms in total. The van der Waals surface area contributed by atoms with Crippen molar-refractivity contribution in [2.24, 2.45) is 5.92 Å². The van der Waals surface area contributed by atoms with Gasteiger partial charge in [0.1, 0.15) is 17.3 Å². The van der Waals surface area contributed by atoms with Crippen LogP contribution in [0.15, 0.2) is 39.4 Å². The van der Waals surface area contributed by atoms with Crippen LogP contribution in [0.3, 0.4) is 0 Å². The predicted octanol–water partition coefficient (Wildman–Crippen LogP) is 2.79. The number of amides is 1. The van der Waals surface area contributed by atoms with Crippen LogP contribution in [-0.4, -0.2) is 11.9 Å². The Bertz CT molecular complexity index is 618. The van der Waals surface area contributed by atoms with Gasteiger partial charge in [0.15, 0.2) is 0 Å². The Morgan fingerprint density at radius 1 is 1.32 bits per heavy atom. The van der Waals surface area contributed by atoms with Crippen molar-refractivity contribution in [1.82, 2.24) is 10.6 Å². The van der Waals surface area contributed by atoms with Gasteiger partial charge in [0.2, 0.25) is 5.91 Å². The third kappa shape index (κ3) is 3.60. The van der Waals surface area contributed by atoms with Gasteiger partial charge >= 0.3 is 0 Å². The van der Waals surface area contributed by atoms with Crippen molar-refractivity contribution in [3.05, 3.63) is 47.8 Å². The number of rotatable bonds is 7. The molecule has 0 aromatic carbocycles. The lowest BCUT2D eigenvalue weighted by molar-refractivity contribution is -0.123. The van der Waals surface area contributed by atoms with Crippen molar-refractivity contribution < 1.29 is 13.6 Å². The first-order valence-corrected chi connectivity index (χ1v) is 7.75. The van der Waals surface area contributed by atoms with E-state index in [1.807, 2.05) is 25.1 Å². The molecule has 0 spiro atoms. The Morgan fingerprint density at radius 3 is 2.82 bits per heavy atom. The van der Waals surface area contributed by atoms with E-state index in [0.29, 0.717) is 19.0 Å². The van der Waals surface area contributed by atoms with Crippen LogP contribution in [0.4, 0.5) is 0 Å². The highest BCUT2D eigenvalue weighted by molar-refractivity contribution is 5.81. The molecule has 1 fully saturated rings. The second-order valence-electron chi connectivity index (χ2n) is 6.02. The Kier molecular flexibility index (Phi) is 4.34. The number of carbonyl (C=O) groups excluding carboxylic acids is 1. The third-order valence-corrected chi connectivity index (χ3v) is 4.15. The fraction of sp³-hybridized carbons (Fsp3) is 0.471. The van der Waals surface area contributed by atoms with Gasteiger partial charge in [0, 0.05) is 5.92 Å². The summed E-state index contributed by atoms with van der Waals surface area (Å²) in [5.74, 6) is 3.95. The van der Waals surface area contributed by atoms with E-state index in [-0.39, 0.29) is 11.9 Å². The molecule has 0 aliphatic heterocycles. The SMILES string of the molecule is CC(NCc1ccc(C2CC2C)o1)C(=O)NCc1ccco1. The predicted molar refractivity (Wildman–Crippen MR) is 82.1 cm³/mol. The first-order chi connectivity index (χ1) is 10.6. The average molecular weight is 302 g/mol. The summed E-state index contributed by atoms with van der Waals surface area (Å²) in [7, 11) is 0. The van der Waals surface area contributed by atoms with E-state index in [0.717, 1.165) is 23.2 Å². The number of furan rings is 2. The molecule has 3 rings (SSSR count). The van der Waals surface area contributed by atoms with Crippen molar-refractivity contribution in [3.63, 3.8) is 0 Å². The third-order valence-electron chi connectivity index (χ3n) is 4.15. The van der Waals surface area contributed by atoms with Gasteiger partial charge in [-0.1, -0.05) is 6.92 Å². The largest absolute Gasteiger partial charge is 0.467 e. The van der Waals surface area contributed by atoms with Crippen LogP contribution < -0.4 is 10.6 Å². The molecule has 0 bridgehead atoms. The van der Waals surface area contributed by atoms with Crippen molar-refractivity contribution in [1.29, 1.82) is 0 Å². The van der Waals surface area contributed by atoms with E-state index in [2.05, 4.69) is 17.6 Å². The Hall–Kier alpha value is -2.01. The van der Waals surface area contributed by atoms with Crippen LogP contribution in [0, 0.1) is 5.92 Å². The zero-order valence-electron chi connectivity index (χ0n) is 13.0. The summed E-state index contributed by atoms with van der Waals surface area (Å²) in [5, 5.41) is 6.01. The van der Waals surface area contributed by atoms with Crippen molar-refractivity contribution in [2.75, 3.05) is 0 Å². The first-order valence-electron chi connectivity index (χ1n) is 7.75. The maximum Gasteiger partial charge on any atom is 0.237 e. The van der Waals surface area contributed by atoms with Crippen molar-refractivity contribution in [3.8, 4) is 0 Å². The van der Waals surface area contributed by atoms with E-state index in [1.165, 1.54) is 6.42 Å². The van der Waals surface area contributed by atoms with Crippen LogP contribution >= 0.6 is 0 Å². The molecule has 5 heteroatoms. The number of hydrogen-bond donors (Lipinski definition) is 2. The van der Waals surface area contributed by atoms with Gasteiger partial charge in [-0.2, -0.15) is 0 Å². The van der Waals surface area contributed by atoms with Crippen molar-refractivity contribution >= 4 is 5.91 Å². The standard InChI is InChI=1S/C17H22N2O3/c1-11-8-15(11)16-6-5-14(22-16)10-18-12(2)17(20)19-9-13-4-3-7-21-13/h3-7,11-12,15,18H,8-10H2,1-2H3,(H,19,20). The molecule has 0 radical (unpaired) electrons. The van der Waals surface area contributed by atoms with E-state index in [4.69, 9.17) is 8.83 Å².